The lowest BCUT2D eigenvalue weighted by Gasteiger charge is -2.12. The SMILES string of the molecule is COc1ccc(OC)c(NC(=O)C2CC2C(=O)NCCc2ccccc2OC)c1. The van der Waals surface area contributed by atoms with Gasteiger partial charge in [0.25, 0.3) is 0 Å². The van der Waals surface area contributed by atoms with Crippen molar-refractivity contribution in [1.82, 2.24) is 5.32 Å². The number of hydrogen-bond donors (Lipinski definition) is 2. The summed E-state index contributed by atoms with van der Waals surface area (Å²) in [5, 5.41) is 5.75. The lowest BCUT2D eigenvalue weighted by molar-refractivity contribution is -0.125. The van der Waals surface area contributed by atoms with Gasteiger partial charge in [0.15, 0.2) is 0 Å². The summed E-state index contributed by atoms with van der Waals surface area (Å²) in [6, 6.07) is 12.9. The van der Waals surface area contributed by atoms with Crippen molar-refractivity contribution in [3.63, 3.8) is 0 Å². The highest BCUT2D eigenvalue weighted by atomic mass is 16.5. The number of hydrogen-bond acceptors (Lipinski definition) is 5. The van der Waals surface area contributed by atoms with Crippen molar-refractivity contribution in [1.29, 1.82) is 0 Å². The zero-order valence-corrected chi connectivity index (χ0v) is 16.9. The Hall–Kier alpha value is -3.22. The highest BCUT2D eigenvalue weighted by molar-refractivity contribution is 6.00. The van der Waals surface area contributed by atoms with Gasteiger partial charge >= 0.3 is 0 Å². The molecular formula is C22H26N2O5. The summed E-state index contributed by atoms with van der Waals surface area (Å²) < 4.78 is 15.8. The summed E-state index contributed by atoms with van der Waals surface area (Å²) in [6.07, 6.45) is 1.21. The fraction of sp³-hybridized carbons (Fsp3) is 0.364. The van der Waals surface area contributed by atoms with E-state index >= 15 is 0 Å². The molecule has 1 aliphatic rings. The fourth-order valence-electron chi connectivity index (χ4n) is 3.27. The molecule has 0 radical (unpaired) electrons. The summed E-state index contributed by atoms with van der Waals surface area (Å²) in [7, 11) is 4.72. The zero-order chi connectivity index (χ0) is 20.8. The second-order valence-corrected chi connectivity index (χ2v) is 6.86. The molecule has 0 bridgehead atoms. The molecule has 2 unspecified atom stereocenters. The second-order valence-electron chi connectivity index (χ2n) is 6.86. The van der Waals surface area contributed by atoms with Crippen LogP contribution in [0.3, 0.4) is 0 Å². The Bertz CT molecular complexity index is 883. The fourth-order valence-corrected chi connectivity index (χ4v) is 3.27. The average Bonchev–Trinajstić information content (AvgIpc) is 3.55. The van der Waals surface area contributed by atoms with E-state index in [0.29, 0.717) is 36.6 Å². The predicted octanol–water partition coefficient (Wildman–Crippen LogP) is 2.65. The quantitative estimate of drug-likeness (QED) is 0.678. The van der Waals surface area contributed by atoms with Crippen molar-refractivity contribution in [2.75, 3.05) is 33.2 Å². The first-order valence-corrected chi connectivity index (χ1v) is 9.50. The average molecular weight is 398 g/mol. The van der Waals surface area contributed by atoms with Crippen molar-refractivity contribution in [3.8, 4) is 17.2 Å². The standard InChI is InChI=1S/C22H26N2O5/c1-27-15-8-9-20(29-3)18(12-15)24-22(26)17-13-16(17)21(25)23-11-10-14-6-4-5-7-19(14)28-2/h4-9,12,16-17H,10-11,13H2,1-3H3,(H,23,25)(H,24,26). The molecule has 0 aromatic heterocycles. The molecule has 1 fully saturated rings. The molecule has 7 nitrogen and oxygen atoms in total. The van der Waals surface area contributed by atoms with Crippen molar-refractivity contribution in [3.05, 3.63) is 48.0 Å². The molecule has 2 atom stereocenters. The first-order chi connectivity index (χ1) is 14.1. The highest BCUT2D eigenvalue weighted by Gasteiger charge is 2.48. The molecule has 2 amide bonds. The summed E-state index contributed by atoms with van der Waals surface area (Å²) >= 11 is 0. The maximum absolute atomic E-state index is 12.5. The van der Waals surface area contributed by atoms with Crippen LogP contribution in [0.2, 0.25) is 0 Å². The van der Waals surface area contributed by atoms with Gasteiger partial charge in [0.2, 0.25) is 11.8 Å². The first-order valence-electron chi connectivity index (χ1n) is 9.50. The van der Waals surface area contributed by atoms with E-state index < -0.39 is 0 Å². The molecule has 0 spiro atoms. The third-order valence-electron chi connectivity index (χ3n) is 5.01. The van der Waals surface area contributed by atoms with E-state index in [1.54, 1.807) is 32.4 Å². The van der Waals surface area contributed by atoms with E-state index in [-0.39, 0.29) is 23.7 Å². The van der Waals surface area contributed by atoms with Crippen LogP contribution in [0.4, 0.5) is 5.69 Å². The van der Waals surface area contributed by atoms with Crippen molar-refractivity contribution in [2.45, 2.75) is 12.8 Å². The Balaban J connectivity index is 1.50. The molecule has 2 aromatic carbocycles. The maximum atomic E-state index is 12.5. The van der Waals surface area contributed by atoms with E-state index in [1.165, 1.54) is 7.11 Å². The van der Waals surface area contributed by atoms with Crippen LogP contribution in [0, 0.1) is 11.8 Å². The van der Waals surface area contributed by atoms with Crippen LogP contribution in [0.1, 0.15) is 12.0 Å². The van der Waals surface area contributed by atoms with Crippen LogP contribution in [0.5, 0.6) is 17.2 Å². The predicted molar refractivity (Wildman–Crippen MR) is 109 cm³/mol. The van der Waals surface area contributed by atoms with Gasteiger partial charge in [-0.25, -0.2) is 0 Å². The Labute approximate surface area is 170 Å². The molecule has 29 heavy (non-hydrogen) atoms. The van der Waals surface area contributed by atoms with E-state index in [2.05, 4.69) is 10.6 Å². The zero-order valence-electron chi connectivity index (χ0n) is 16.9. The van der Waals surface area contributed by atoms with Gasteiger partial charge in [-0.05, 0) is 36.6 Å². The van der Waals surface area contributed by atoms with E-state index in [0.717, 1.165) is 11.3 Å². The molecule has 1 aliphatic carbocycles. The normalized spacial score (nSPS) is 17.2. The van der Waals surface area contributed by atoms with Crippen LogP contribution >= 0.6 is 0 Å². The summed E-state index contributed by atoms with van der Waals surface area (Å²) in [6.45, 7) is 0.494. The van der Waals surface area contributed by atoms with Gasteiger partial charge in [0.1, 0.15) is 17.2 Å². The first kappa shape index (κ1) is 20.5. The van der Waals surface area contributed by atoms with Crippen molar-refractivity contribution >= 4 is 17.5 Å². The lowest BCUT2D eigenvalue weighted by atomic mass is 10.1. The number of carbonyl (C=O) groups excluding carboxylic acids is 2. The number of ether oxygens (including phenoxy) is 3. The molecule has 2 N–H and O–H groups in total. The molecule has 154 valence electrons. The van der Waals surface area contributed by atoms with Crippen LogP contribution in [0.15, 0.2) is 42.5 Å². The number of anilines is 1. The number of rotatable bonds is 9. The third kappa shape index (κ3) is 4.99. The molecule has 0 saturated heterocycles. The number of methoxy groups -OCH3 is 3. The van der Waals surface area contributed by atoms with Gasteiger partial charge in [-0.15, -0.1) is 0 Å². The van der Waals surface area contributed by atoms with Crippen LogP contribution in [-0.4, -0.2) is 39.7 Å². The van der Waals surface area contributed by atoms with E-state index in [9.17, 15) is 9.59 Å². The second kappa shape index (κ2) is 9.32. The van der Waals surface area contributed by atoms with Gasteiger partial charge < -0.3 is 24.8 Å². The Kier molecular flexibility index (Phi) is 6.59. The molecule has 0 heterocycles. The van der Waals surface area contributed by atoms with Gasteiger partial charge in [0, 0.05) is 12.6 Å². The van der Waals surface area contributed by atoms with E-state index in [4.69, 9.17) is 14.2 Å². The minimum absolute atomic E-state index is 0.0994. The summed E-state index contributed by atoms with van der Waals surface area (Å²) in [5.41, 5.74) is 1.56. The van der Waals surface area contributed by atoms with Gasteiger partial charge in [-0.3, -0.25) is 9.59 Å². The maximum Gasteiger partial charge on any atom is 0.228 e. The van der Waals surface area contributed by atoms with Crippen LogP contribution in [0.25, 0.3) is 0 Å². The topological polar surface area (TPSA) is 85.9 Å². The monoisotopic (exact) mass is 398 g/mol. The highest BCUT2D eigenvalue weighted by Crippen LogP contribution is 2.40. The smallest absolute Gasteiger partial charge is 0.228 e. The van der Waals surface area contributed by atoms with Gasteiger partial charge in [-0.2, -0.15) is 0 Å². The minimum Gasteiger partial charge on any atom is -0.497 e. The number of nitrogens with one attached hydrogen (secondary N) is 2. The largest absolute Gasteiger partial charge is 0.497 e. The molecule has 2 aromatic rings. The van der Waals surface area contributed by atoms with Crippen LogP contribution in [-0.2, 0) is 16.0 Å². The number of amides is 2. The van der Waals surface area contributed by atoms with Gasteiger partial charge in [-0.1, -0.05) is 18.2 Å². The van der Waals surface area contributed by atoms with Crippen molar-refractivity contribution in [2.24, 2.45) is 11.8 Å². The molecular weight excluding hydrogens is 372 g/mol. The Morgan fingerprint density at radius 2 is 1.66 bits per heavy atom. The van der Waals surface area contributed by atoms with Crippen LogP contribution < -0.4 is 24.8 Å². The van der Waals surface area contributed by atoms with E-state index in [1.807, 2.05) is 24.3 Å². The number of carbonyl (C=O) groups is 2. The third-order valence-corrected chi connectivity index (χ3v) is 5.01. The summed E-state index contributed by atoms with van der Waals surface area (Å²) in [5.74, 6) is 1.03. The molecule has 0 aliphatic heterocycles. The Morgan fingerprint density at radius 3 is 2.38 bits per heavy atom. The van der Waals surface area contributed by atoms with Gasteiger partial charge in [0.05, 0.1) is 38.9 Å². The number of para-hydroxylation sites is 1. The molecule has 3 rings (SSSR count). The molecule has 1 saturated carbocycles. The lowest BCUT2D eigenvalue weighted by Crippen LogP contribution is -2.29. The van der Waals surface area contributed by atoms with Crippen molar-refractivity contribution < 1.29 is 23.8 Å². The summed E-state index contributed by atoms with van der Waals surface area (Å²) in [4.78, 5) is 24.9. The Morgan fingerprint density at radius 1 is 0.931 bits per heavy atom. The minimum atomic E-state index is -0.336. The number of benzene rings is 2. The molecule has 7 heteroatoms.